The van der Waals surface area contributed by atoms with Crippen LogP contribution in [0.3, 0.4) is 0 Å². The van der Waals surface area contributed by atoms with Crippen molar-refractivity contribution in [2.75, 3.05) is 0 Å². The Morgan fingerprint density at radius 1 is 0.947 bits per heavy atom. The van der Waals surface area contributed by atoms with Crippen LogP contribution >= 0.6 is 15.9 Å². The Hall–Kier alpha value is -1.33. The highest BCUT2D eigenvalue weighted by Gasteiger charge is 2.19. The molecule has 0 saturated heterocycles. The molecule has 5 heteroatoms. The molecular weight excluding hydrogens is 321 g/mol. The van der Waals surface area contributed by atoms with Gasteiger partial charge in [0.05, 0.1) is 0 Å². The van der Waals surface area contributed by atoms with Gasteiger partial charge in [-0.25, -0.2) is 13.2 Å². The second-order valence-corrected chi connectivity index (χ2v) is 5.11. The molecule has 2 aromatic rings. The van der Waals surface area contributed by atoms with Crippen molar-refractivity contribution < 1.29 is 18.3 Å². The van der Waals surface area contributed by atoms with Crippen LogP contribution in [0.4, 0.5) is 13.2 Å². The molecule has 0 saturated carbocycles. The first-order valence-corrected chi connectivity index (χ1v) is 6.28. The number of hydrogen-bond donors (Lipinski definition) is 1. The second-order valence-electron chi connectivity index (χ2n) is 4.19. The van der Waals surface area contributed by atoms with Crippen LogP contribution in [0.2, 0.25) is 0 Å². The number of rotatable bonds is 2. The molecule has 0 aliphatic carbocycles. The first-order valence-electron chi connectivity index (χ1n) is 5.48. The van der Waals surface area contributed by atoms with Crippen molar-refractivity contribution in [2.45, 2.75) is 13.0 Å². The maximum Gasteiger partial charge on any atom is 0.161 e. The average molecular weight is 331 g/mol. The van der Waals surface area contributed by atoms with Gasteiger partial charge in [-0.15, -0.1) is 0 Å². The molecule has 0 aliphatic rings. The van der Waals surface area contributed by atoms with Gasteiger partial charge in [0.15, 0.2) is 11.6 Å². The van der Waals surface area contributed by atoms with E-state index in [4.69, 9.17) is 0 Å². The molecule has 0 amide bonds. The summed E-state index contributed by atoms with van der Waals surface area (Å²) in [5, 5.41) is 10.1. The summed E-state index contributed by atoms with van der Waals surface area (Å²) in [6.45, 7) is 1.74. The van der Waals surface area contributed by atoms with Crippen LogP contribution in [0.5, 0.6) is 0 Å². The minimum atomic E-state index is -1.34. The number of aliphatic hydroxyl groups is 1. The van der Waals surface area contributed by atoms with Gasteiger partial charge in [-0.2, -0.15) is 0 Å². The normalized spacial score (nSPS) is 12.5. The fourth-order valence-corrected chi connectivity index (χ4v) is 2.34. The lowest BCUT2D eigenvalue weighted by Gasteiger charge is -2.15. The molecule has 2 rings (SSSR count). The molecule has 0 aliphatic heterocycles. The first-order chi connectivity index (χ1) is 8.90. The molecule has 0 radical (unpaired) electrons. The summed E-state index contributed by atoms with van der Waals surface area (Å²) in [6.07, 6.45) is -1.34. The lowest BCUT2D eigenvalue weighted by atomic mass is 9.97. The zero-order valence-electron chi connectivity index (χ0n) is 9.92. The van der Waals surface area contributed by atoms with Crippen molar-refractivity contribution in [2.24, 2.45) is 0 Å². The van der Waals surface area contributed by atoms with Crippen LogP contribution in [-0.4, -0.2) is 5.11 Å². The fourth-order valence-electron chi connectivity index (χ4n) is 1.86. The predicted molar refractivity (Wildman–Crippen MR) is 69.3 cm³/mol. The van der Waals surface area contributed by atoms with Gasteiger partial charge in [0.2, 0.25) is 0 Å². The third kappa shape index (κ3) is 2.82. The molecule has 1 N–H and O–H groups in total. The van der Waals surface area contributed by atoms with Crippen LogP contribution in [-0.2, 0) is 0 Å². The highest BCUT2D eigenvalue weighted by molar-refractivity contribution is 9.10. The quantitative estimate of drug-likeness (QED) is 0.816. The van der Waals surface area contributed by atoms with E-state index >= 15 is 0 Å². The summed E-state index contributed by atoms with van der Waals surface area (Å²) >= 11 is 3.27. The molecule has 0 spiro atoms. The zero-order chi connectivity index (χ0) is 14.2. The topological polar surface area (TPSA) is 20.2 Å². The number of aliphatic hydroxyl groups excluding tert-OH is 1. The molecule has 0 aromatic heterocycles. The third-order valence-electron chi connectivity index (χ3n) is 2.86. The largest absolute Gasteiger partial charge is 0.384 e. The Labute approximate surface area is 116 Å². The molecular formula is C14H10BrF3O. The minimum Gasteiger partial charge on any atom is -0.384 e. The maximum atomic E-state index is 13.6. The minimum absolute atomic E-state index is 0.288. The molecule has 1 unspecified atom stereocenters. The highest BCUT2D eigenvalue weighted by Crippen LogP contribution is 2.29. The zero-order valence-corrected chi connectivity index (χ0v) is 11.5. The number of benzene rings is 2. The second kappa shape index (κ2) is 5.35. The van der Waals surface area contributed by atoms with Crippen molar-refractivity contribution in [3.05, 3.63) is 68.9 Å². The molecule has 0 bridgehead atoms. The van der Waals surface area contributed by atoms with Gasteiger partial charge in [-0.1, -0.05) is 22.0 Å². The summed E-state index contributed by atoms with van der Waals surface area (Å²) in [4.78, 5) is 0. The standard InChI is InChI=1S/C14H10BrF3O/c1-7-4-8(15)2-3-9(7)14(19)10-5-12(17)13(18)6-11(10)16/h2-6,14,19H,1H3. The van der Waals surface area contributed by atoms with Gasteiger partial charge in [-0.05, 0) is 36.2 Å². The summed E-state index contributed by atoms with van der Waals surface area (Å²) in [6, 6.07) is 6.14. The van der Waals surface area contributed by atoms with Gasteiger partial charge in [-0.3, -0.25) is 0 Å². The van der Waals surface area contributed by atoms with Crippen LogP contribution < -0.4 is 0 Å². The summed E-state index contributed by atoms with van der Waals surface area (Å²) in [5.41, 5.74) is 0.864. The Morgan fingerprint density at radius 2 is 1.58 bits per heavy atom. The predicted octanol–water partition coefficient (Wildman–Crippen LogP) is 4.26. The van der Waals surface area contributed by atoms with E-state index in [1.165, 1.54) is 0 Å². The smallest absolute Gasteiger partial charge is 0.161 e. The van der Waals surface area contributed by atoms with E-state index in [2.05, 4.69) is 15.9 Å². The van der Waals surface area contributed by atoms with E-state index in [-0.39, 0.29) is 5.56 Å². The Balaban J connectivity index is 2.49. The van der Waals surface area contributed by atoms with Crippen LogP contribution in [0.15, 0.2) is 34.8 Å². The first kappa shape index (κ1) is 14.1. The van der Waals surface area contributed by atoms with E-state index in [1.807, 2.05) is 0 Å². The van der Waals surface area contributed by atoms with Crippen molar-refractivity contribution in [3.63, 3.8) is 0 Å². The van der Waals surface area contributed by atoms with Gasteiger partial charge in [0.1, 0.15) is 11.9 Å². The summed E-state index contributed by atoms with van der Waals surface area (Å²) in [7, 11) is 0. The maximum absolute atomic E-state index is 13.6. The number of hydrogen-bond acceptors (Lipinski definition) is 1. The molecule has 0 fully saturated rings. The fraction of sp³-hybridized carbons (Fsp3) is 0.143. The molecule has 19 heavy (non-hydrogen) atoms. The van der Waals surface area contributed by atoms with Gasteiger partial charge in [0, 0.05) is 16.1 Å². The number of aryl methyl sites for hydroxylation is 1. The van der Waals surface area contributed by atoms with Crippen molar-refractivity contribution in [1.29, 1.82) is 0 Å². The SMILES string of the molecule is Cc1cc(Br)ccc1C(O)c1cc(F)c(F)cc1F. The summed E-state index contributed by atoms with van der Waals surface area (Å²) in [5.74, 6) is -3.44. The third-order valence-corrected chi connectivity index (χ3v) is 3.35. The van der Waals surface area contributed by atoms with Gasteiger partial charge < -0.3 is 5.11 Å². The Morgan fingerprint density at radius 3 is 2.21 bits per heavy atom. The van der Waals surface area contributed by atoms with Gasteiger partial charge in [0.25, 0.3) is 0 Å². The average Bonchev–Trinajstić information content (AvgIpc) is 2.33. The molecule has 0 heterocycles. The van der Waals surface area contributed by atoms with Crippen molar-refractivity contribution in [1.82, 2.24) is 0 Å². The molecule has 2 aromatic carbocycles. The van der Waals surface area contributed by atoms with Crippen LogP contribution in [0.1, 0.15) is 22.8 Å². The van der Waals surface area contributed by atoms with E-state index in [0.717, 1.165) is 4.47 Å². The Bertz CT molecular complexity index is 628. The van der Waals surface area contributed by atoms with Crippen molar-refractivity contribution in [3.8, 4) is 0 Å². The molecule has 1 atom stereocenters. The van der Waals surface area contributed by atoms with E-state index < -0.39 is 23.6 Å². The Kier molecular flexibility index (Phi) is 3.96. The van der Waals surface area contributed by atoms with Crippen LogP contribution in [0.25, 0.3) is 0 Å². The molecule has 1 nitrogen and oxygen atoms in total. The van der Waals surface area contributed by atoms with E-state index in [1.54, 1.807) is 25.1 Å². The number of halogens is 4. The monoisotopic (exact) mass is 330 g/mol. The highest BCUT2D eigenvalue weighted by atomic mass is 79.9. The molecule has 100 valence electrons. The van der Waals surface area contributed by atoms with Crippen LogP contribution in [0, 0.1) is 24.4 Å². The summed E-state index contributed by atoms with van der Waals surface area (Å²) < 4.78 is 40.4. The lowest BCUT2D eigenvalue weighted by Crippen LogP contribution is -2.06. The van der Waals surface area contributed by atoms with E-state index in [9.17, 15) is 18.3 Å². The lowest BCUT2D eigenvalue weighted by molar-refractivity contribution is 0.213. The van der Waals surface area contributed by atoms with E-state index in [0.29, 0.717) is 23.3 Å². The van der Waals surface area contributed by atoms with Crippen molar-refractivity contribution >= 4 is 15.9 Å². The van der Waals surface area contributed by atoms with Gasteiger partial charge >= 0.3 is 0 Å².